The molecular weight excluding hydrogens is 298 g/mol. The number of anilines is 2. The molecule has 0 heterocycles. The summed E-state index contributed by atoms with van der Waals surface area (Å²) in [5.41, 5.74) is 3.93. The van der Waals surface area contributed by atoms with Crippen LogP contribution in [0.5, 0.6) is 0 Å². The van der Waals surface area contributed by atoms with Crippen molar-refractivity contribution in [3.05, 3.63) is 96.1 Å². The minimum Gasteiger partial charge on any atom is -0.465 e. The molecule has 0 radical (unpaired) electrons. The summed E-state index contributed by atoms with van der Waals surface area (Å²) >= 11 is 0. The Morgan fingerprint density at radius 2 is 1.29 bits per heavy atom. The van der Waals surface area contributed by atoms with E-state index < -0.39 is 0 Å². The van der Waals surface area contributed by atoms with Crippen LogP contribution in [-0.2, 0) is 11.3 Å². The summed E-state index contributed by atoms with van der Waals surface area (Å²) in [5, 5.41) is 0. The van der Waals surface area contributed by atoms with Crippen LogP contribution in [0.4, 0.5) is 11.4 Å². The zero-order chi connectivity index (χ0) is 16.8. The lowest BCUT2D eigenvalue weighted by Crippen LogP contribution is -2.16. The molecule has 3 heteroatoms. The first-order valence-electron chi connectivity index (χ1n) is 7.83. The quantitative estimate of drug-likeness (QED) is 0.632. The van der Waals surface area contributed by atoms with Gasteiger partial charge in [0.05, 0.1) is 12.7 Å². The molecular formula is C21H19NO2. The summed E-state index contributed by atoms with van der Waals surface area (Å²) in [5.74, 6) is -0.315. The zero-order valence-electron chi connectivity index (χ0n) is 13.6. The summed E-state index contributed by atoms with van der Waals surface area (Å²) in [4.78, 5) is 13.8. The number of carbonyl (C=O) groups is 1. The molecule has 0 N–H and O–H groups in total. The van der Waals surface area contributed by atoms with Crippen LogP contribution in [0.2, 0.25) is 0 Å². The molecule has 3 nitrogen and oxygen atoms in total. The number of para-hydroxylation sites is 2. The van der Waals surface area contributed by atoms with E-state index in [0.717, 1.165) is 23.5 Å². The summed E-state index contributed by atoms with van der Waals surface area (Å²) in [7, 11) is 1.39. The average molecular weight is 317 g/mol. The summed E-state index contributed by atoms with van der Waals surface area (Å²) in [6, 6.07) is 28.1. The fourth-order valence-electron chi connectivity index (χ4n) is 2.59. The number of esters is 1. The van der Waals surface area contributed by atoms with Crippen molar-refractivity contribution >= 4 is 17.3 Å². The molecule has 0 fully saturated rings. The lowest BCUT2D eigenvalue weighted by Gasteiger charge is -2.25. The van der Waals surface area contributed by atoms with E-state index >= 15 is 0 Å². The van der Waals surface area contributed by atoms with Gasteiger partial charge >= 0.3 is 5.97 Å². The maximum Gasteiger partial charge on any atom is 0.337 e. The number of methoxy groups -OCH3 is 1. The summed E-state index contributed by atoms with van der Waals surface area (Å²) < 4.78 is 4.75. The van der Waals surface area contributed by atoms with E-state index in [-0.39, 0.29) is 5.97 Å². The van der Waals surface area contributed by atoms with Gasteiger partial charge in [-0.3, -0.25) is 0 Å². The second-order valence-corrected chi connectivity index (χ2v) is 5.45. The minimum absolute atomic E-state index is 0.315. The van der Waals surface area contributed by atoms with E-state index in [9.17, 15) is 4.79 Å². The van der Waals surface area contributed by atoms with Gasteiger partial charge in [-0.1, -0.05) is 48.5 Å². The van der Waals surface area contributed by atoms with E-state index in [0.29, 0.717) is 5.56 Å². The van der Waals surface area contributed by atoms with Crippen LogP contribution >= 0.6 is 0 Å². The van der Waals surface area contributed by atoms with Gasteiger partial charge in [0.2, 0.25) is 0 Å². The molecule has 0 aromatic heterocycles. The molecule has 3 aromatic carbocycles. The third kappa shape index (κ3) is 3.63. The first kappa shape index (κ1) is 15.8. The number of rotatable bonds is 5. The van der Waals surface area contributed by atoms with Crippen molar-refractivity contribution < 1.29 is 9.53 Å². The summed E-state index contributed by atoms with van der Waals surface area (Å²) in [6.45, 7) is 0.718. The Kier molecular flexibility index (Phi) is 4.92. The number of hydrogen-bond acceptors (Lipinski definition) is 3. The van der Waals surface area contributed by atoms with Gasteiger partial charge in [0.15, 0.2) is 0 Å². The molecule has 0 saturated heterocycles. The zero-order valence-corrected chi connectivity index (χ0v) is 13.6. The number of hydrogen-bond donors (Lipinski definition) is 0. The van der Waals surface area contributed by atoms with Crippen LogP contribution in [0.1, 0.15) is 15.9 Å². The molecule has 3 aromatic rings. The Labute approximate surface area is 142 Å². The van der Waals surface area contributed by atoms with Crippen molar-refractivity contribution in [1.82, 2.24) is 0 Å². The lowest BCUT2D eigenvalue weighted by molar-refractivity contribution is 0.0600. The van der Waals surface area contributed by atoms with Gasteiger partial charge in [0.25, 0.3) is 0 Å². The smallest absolute Gasteiger partial charge is 0.337 e. The first-order valence-corrected chi connectivity index (χ1v) is 7.83. The molecule has 0 aliphatic rings. The Bertz CT molecular complexity index is 744. The second kappa shape index (κ2) is 7.47. The highest BCUT2D eigenvalue weighted by Crippen LogP contribution is 2.27. The topological polar surface area (TPSA) is 29.5 Å². The van der Waals surface area contributed by atoms with Crippen molar-refractivity contribution in [2.45, 2.75) is 6.54 Å². The van der Waals surface area contributed by atoms with Gasteiger partial charge in [0.1, 0.15) is 0 Å². The number of ether oxygens (including phenoxy) is 1. The van der Waals surface area contributed by atoms with E-state index in [2.05, 4.69) is 29.2 Å². The predicted octanol–water partition coefficient (Wildman–Crippen LogP) is 4.81. The fourth-order valence-corrected chi connectivity index (χ4v) is 2.59. The van der Waals surface area contributed by atoms with E-state index in [4.69, 9.17) is 4.74 Å². The highest BCUT2D eigenvalue weighted by Gasteiger charge is 2.10. The normalized spacial score (nSPS) is 10.2. The van der Waals surface area contributed by atoms with E-state index in [1.165, 1.54) is 7.11 Å². The molecule has 0 atom stereocenters. The van der Waals surface area contributed by atoms with Crippen molar-refractivity contribution in [1.29, 1.82) is 0 Å². The Morgan fingerprint density at radius 3 is 1.75 bits per heavy atom. The van der Waals surface area contributed by atoms with Crippen LogP contribution in [0, 0.1) is 0 Å². The molecule has 0 saturated carbocycles. The fraction of sp³-hybridized carbons (Fsp3) is 0.0952. The van der Waals surface area contributed by atoms with Crippen LogP contribution < -0.4 is 4.90 Å². The van der Waals surface area contributed by atoms with E-state index in [1.54, 1.807) is 12.1 Å². The third-order valence-corrected chi connectivity index (χ3v) is 3.85. The number of nitrogens with zero attached hydrogens (tertiary/aromatic N) is 1. The van der Waals surface area contributed by atoms with Crippen LogP contribution in [0.25, 0.3) is 0 Å². The van der Waals surface area contributed by atoms with Crippen LogP contribution in [0.15, 0.2) is 84.9 Å². The molecule has 0 aliphatic heterocycles. The average Bonchev–Trinajstić information content (AvgIpc) is 2.67. The molecule has 24 heavy (non-hydrogen) atoms. The summed E-state index contributed by atoms with van der Waals surface area (Å²) in [6.07, 6.45) is 0. The van der Waals surface area contributed by atoms with Crippen LogP contribution in [0.3, 0.4) is 0 Å². The van der Waals surface area contributed by atoms with Crippen molar-refractivity contribution in [2.75, 3.05) is 12.0 Å². The van der Waals surface area contributed by atoms with Crippen molar-refractivity contribution in [3.63, 3.8) is 0 Å². The molecule has 0 spiro atoms. The Hall–Kier alpha value is -3.07. The monoisotopic (exact) mass is 317 g/mol. The van der Waals surface area contributed by atoms with Gasteiger partial charge < -0.3 is 9.64 Å². The molecule has 0 bridgehead atoms. The SMILES string of the molecule is COC(=O)c1ccc(CN(c2ccccc2)c2ccccc2)cc1. The van der Waals surface area contributed by atoms with E-state index in [1.807, 2.05) is 48.5 Å². The molecule has 0 unspecified atom stereocenters. The molecule has 0 amide bonds. The standard InChI is InChI=1S/C21H19NO2/c1-24-21(23)18-14-12-17(13-15-18)16-22(19-8-4-2-5-9-19)20-10-6-3-7-11-20/h2-15H,16H2,1H3. The minimum atomic E-state index is -0.315. The maximum atomic E-state index is 11.6. The highest BCUT2D eigenvalue weighted by molar-refractivity contribution is 5.89. The maximum absolute atomic E-state index is 11.6. The molecule has 0 aliphatic carbocycles. The third-order valence-electron chi connectivity index (χ3n) is 3.85. The van der Waals surface area contributed by atoms with Crippen molar-refractivity contribution in [2.24, 2.45) is 0 Å². The largest absolute Gasteiger partial charge is 0.465 e. The number of carbonyl (C=O) groups excluding carboxylic acids is 1. The number of benzene rings is 3. The van der Waals surface area contributed by atoms with Crippen LogP contribution in [-0.4, -0.2) is 13.1 Å². The molecule has 120 valence electrons. The lowest BCUT2D eigenvalue weighted by atomic mass is 10.1. The Balaban J connectivity index is 1.89. The highest BCUT2D eigenvalue weighted by atomic mass is 16.5. The van der Waals surface area contributed by atoms with Gasteiger partial charge in [-0.2, -0.15) is 0 Å². The van der Waals surface area contributed by atoms with Crippen molar-refractivity contribution in [3.8, 4) is 0 Å². The van der Waals surface area contributed by atoms with Gasteiger partial charge in [-0.15, -0.1) is 0 Å². The Morgan fingerprint density at radius 1 is 0.792 bits per heavy atom. The molecule has 3 rings (SSSR count). The van der Waals surface area contributed by atoms with Gasteiger partial charge in [-0.05, 0) is 42.0 Å². The van der Waals surface area contributed by atoms with Gasteiger partial charge in [0, 0.05) is 17.9 Å². The second-order valence-electron chi connectivity index (χ2n) is 5.45. The first-order chi connectivity index (χ1) is 11.8. The van der Waals surface area contributed by atoms with Gasteiger partial charge in [-0.25, -0.2) is 4.79 Å². The predicted molar refractivity (Wildman–Crippen MR) is 96.5 cm³/mol.